The van der Waals surface area contributed by atoms with E-state index in [0.717, 1.165) is 34.2 Å². The number of quaternary nitrogens is 1. The van der Waals surface area contributed by atoms with Crippen LogP contribution in [-0.4, -0.2) is 17.8 Å². The molecule has 4 heteroatoms. The summed E-state index contributed by atoms with van der Waals surface area (Å²) in [6, 6.07) is 9.73. The molecule has 0 spiro atoms. The third-order valence-corrected chi connectivity index (χ3v) is 3.46. The lowest BCUT2D eigenvalue weighted by atomic mass is 10.1. The van der Waals surface area contributed by atoms with E-state index in [1.165, 1.54) is 0 Å². The van der Waals surface area contributed by atoms with Crippen LogP contribution in [0.25, 0.3) is 11.3 Å². The Labute approximate surface area is 118 Å². The summed E-state index contributed by atoms with van der Waals surface area (Å²) < 4.78 is 5.82. The second-order valence-electron chi connectivity index (χ2n) is 4.76. The van der Waals surface area contributed by atoms with Gasteiger partial charge < -0.3 is 14.8 Å². The van der Waals surface area contributed by atoms with Crippen molar-refractivity contribution in [1.82, 2.24) is 0 Å². The summed E-state index contributed by atoms with van der Waals surface area (Å²) in [6.45, 7) is 5.16. The Bertz CT molecular complexity index is 549. The Morgan fingerprint density at radius 1 is 1.32 bits per heavy atom. The number of rotatable bonds is 5. The fourth-order valence-electron chi connectivity index (χ4n) is 1.97. The van der Waals surface area contributed by atoms with Gasteiger partial charge in [-0.05, 0) is 37.6 Å². The van der Waals surface area contributed by atoms with Crippen molar-refractivity contribution in [3.63, 3.8) is 0 Å². The Morgan fingerprint density at radius 3 is 2.84 bits per heavy atom. The number of aliphatic hydroxyl groups is 1. The van der Waals surface area contributed by atoms with Crippen LogP contribution in [0.15, 0.2) is 34.7 Å². The number of halogens is 1. The fourth-order valence-corrected chi connectivity index (χ4v) is 2.15. The van der Waals surface area contributed by atoms with Crippen LogP contribution < -0.4 is 5.32 Å². The van der Waals surface area contributed by atoms with Gasteiger partial charge in [-0.3, -0.25) is 0 Å². The number of aliphatic hydroxyl groups excluding tert-OH is 1. The summed E-state index contributed by atoms with van der Waals surface area (Å²) in [6.07, 6.45) is -0.301. The highest BCUT2D eigenvalue weighted by Gasteiger charge is 2.10. The van der Waals surface area contributed by atoms with Crippen molar-refractivity contribution in [2.75, 3.05) is 6.54 Å². The topological polar surface area (TPSA) is 50.0 Å². The zero-order valence-corrected chi connectivity index (χ0v) is 11.9. The van der Waals surface area contributed by atoms with Gasteiger partial charge in [0.15, 0.2) is 5.76 Å². The van der Waals surface area contributed by atoms with E-state index in [-0.39, 0.29) is 6.10 Å². The van der Waals surface area contributed by atoms with Gasteiger partial charge in [0.1, 0.15) is 18.8 Å². The van der Waals surface area contributed by atoms with Crippen LogP contribution in [0.5, 0.6) is 0 Å². The van der Waals surface area contributed by atoms with Gasteiger partial charge in [0.05, 0.1) is 6.10 Å². The predicted molar refractivity (Wildman–Crippen MR) is 76.1 cm³/mol. The average Bonchev–Trinajstić information content (AvgIpc) is 2.81. The van der Waals surface area contributed by atoms with Crippen molar-refractivity contribution in [2.45, 2.75) is 26.5 Å². The zero-order chi connectivity index (χ0) is 13.8. The monoisotopic (exact) mass is 280 g/mol. The molecule has 2 rings (SSSR count). The molecule has 1 heterocycles. The Morgan fingerprint density at radius 2 is 2.11 bits per heavy atom. The molecule has 19 heavy (non-hydrogen) atoms. The van der Waals surface area contributed by atoms with Gasteiger partial charge in [0, 0.05) is 10.6 Å². The molecule has 0 unspecified atom stereocenters. The first kappa shape index (κ1) is 14.1. The van der Waals surface area contributed by atoms with Gasteiger partial charge >= 0.3 is 0 Å². The normalized spacial score (nSPS) is 12.6. The molecule has 0 saturated carbocycles. The maximum absolute atomic E-state index is 9.20. The van der Waals surface area contributed by atoms with Crippen molar-refractivity contribution in [3.8, 4) is 11.3 Å². The molecule has 0 aliphatic carbocycles. The van der Waals surface area contributed by atoms with Gasteiger partial charge in [-0.2, -0.15) is 0 Å². The molecule has 1 aromatic heterocycles. The molecule has 2 aromatic rings. The minimum absolute atomic E-state index is 0.301. The predicted octanol–water partition coefficient (Wildman–Crippen LogP) is 2.35. The van der Waals surface area contributed by atoms with E-state index >= 15 is 0 Å². The number of hydrogen-bond acceptors (Lipinski definition) is 2. The molecule has 0 radical (unpaired) electrons. The van der Waals surface area contributed by atoms with Gasteiger partial charge in [-0.1, -0.05) is 23.7 Å². The lowest BCUT2D eigenvalue weighted by Crippen LogP contribution is -2.84. The van der Waals surface area contributed by atoms with E-state index < -0.39 is 0 Å². The minimum Gasteiger partial charge on any atom is -0.455 e. The first-order valence-corrected chi connectivity index (χ1v) is 6.79. The third kappa shape index (κ3) is 3.60. The molecule has 3 nitrogen and oxygen atoms in total. The fraction of sp³-hybridized carbons (Fsp3) is 0.333. The molecular formula is C15H19ClNO2+. The Hall–Kier alpha value is -1.29. The molecule has 0 amide bonds. The van der Waals surface area contributed by atoms with Crippen molar-refractivity contribution < 1.29 is 14.8 Å². The molecule has 0 aliphatic heterocycles. The van der Waals surface area contributed by atoms with Crippen LogP contribution in [-0.2, 0) is 6.54 Å². The molecule has 0 saturated heterocycles. The largest absolute Gasteiger partial charge is 0.455 e. The van der Waals surface area contributed by atoms with Crippen molar-refractivity contribution in [1.29, 1.82) is 0 Å². The lowest BCUT2D eigenvalue weighted by Gasteiger charge is -2.04. The minimum atomic E-state index is -0.301. The van der Waals surface area contributed by atoms with Crippen molar-refractivity contribution in [3.05, 3.63) is 46.7 Å². The summed E-state index contributed by atoms with van der Waals surface area (Å²) in [4.78, 5) is 0. The number of nitrogens with two attached hydrogens (primary N) is 1. The molecule has 0 fully saturated rings. The highest BCUT2D eigenvalue weighted by atomic mass is 35.5. The van der Waals surface area contributed by atoms with Crippen molar-refractivity contribution >= 4 is 11.6 Å². The SMILES string of the molecule is Cc1c(Cl)cccc1-c1ccc(C[NH2+]C[C@@H](C)O)o1. The second kappa shape index (κ2) is 6.24. The number of hydrogen-bond donors (Lipinski definition) is 2. The molecule has 1 aromatic carbocycles. The molecule has 0 bridgehead atoms. The zero-order valence-electron chi connectivity index (χ0n) is 11.2. The molecule has 0 aliphatic rings. The summed E-state index contributed by atoms with van der Waals surface area (Å²) in [5, 5.41) is 12.0. The Balaban J connectivity index is 2.10. The maximum Gasteiger partial charge on any atom is 0.158 e. The van der Waals surface area contributed by atoms with Crippen LogP contribution in [0.2, 0.25) is 5.02 Å². The van der Waals surface area contributed by atoms with Crippen LogP contribution in [0.3, 0.4) is 0 Å². The van der Waals surface area contributed by atoms with Crippen LogP contribution in [0, 0.1) is 6.92 Å². The van der Waals surface area contributed by atoms with Crippen LogP contribution in [0.4, 0.5) is 0 Å². The summed E-state index contributed by atoms with van der Waals surface area (Å²) >= 11 is 6.11. The van der Waals surface area contributed by atoms with E-state index in [0.29, 0.717) is 6.54 Å². The van der Waals surface area contributed by atoms with E-state index in [4.69, 9.17) is 16.0 Å². The van der Waals surface area contributed by atoms with Gasteiger partial charge in [0.2, 0.25) is 0 Å². The standard InChI is InChI=1S/C15H18ClNO2/c1-10(18)8-17-9-12-6-7-15(19-12)13-4-3-5-14(16)11(13)2/h3-7,10,17-18H,8-9H2,1-2H3/p+1/t10-/m1/s1. The first-order valence-electron chi connectivity index (χ1n) is 6.42. The van der Waals surface area contributed by atoms with Crippen LogP contribution >= 0.6 is 11.6 Å². The maximum atomic E-state index is 9.20. The summed E-state index contributed by atoms with van der Waals surface area (Å²) in [7, 11) is 0. The Kier molecular flexibility index (Phi) is 4.64. The van der Waals surface area contributed by atoms with Gasteiger partial charge in [0.25, 0.3) is 0 Å². The highest BCUT2D eigenvalue weighted by molar-refractivity contribution is 6.31. The highest BCUT2D eigenvalue weighted by Crippen LogP contribution is 2.29. The van der Waals surface area contributed by atoms with E-state index in [1.54, 1.807) is 6.92 Å². The van der Waals surface area contributed by atoms with E-state index in [2.05, 4.69) is 0 Å². The van der Waals surface area contributed by atoms with Crippen LogP contribution in [0.1, 0.15) is 18.2 Å². The smallest absolute Gasteiger partial charge is 0.158 e. The number of furan rings is 1. The average molecular weight is 281 g/mol. The number of benzene rings is 1. The summed E-state index contributed by atoms with van der Waals surface area (Å²) in [5.41, 5.74) is 2.05. The molecule has 1 atom stereocenters. The van der Waals surface area contributed by atoms with E-state index in [9.17, 15) is 5.11 Å². The quantitative estimate of drug-likeness (QED) is 0.883. The van der Waals surface area contributed by atoms with Gasteiger partial charge in [-0.15, -0.1) is 0 Å². The molecular weight excluding hydrogens is 262 g/mol. The van der Waals surface area contributed by atoms with E-state index in [1.807, 2.05) is 42.6 Å². The molecule has 3 N–H and O–H groups in total. The summed E-state index contributed by atoms with van der Waals surface area (Å²) in [5.74, 6) is 1.73. The van der Waals surface area contributed by atoms with Crippen molar-refractivity contribution in [2.24, 2.45) is 0 Å². The second-order valence-corrected chi connectivity index (χ2v) is 5.16. The third-order valence-electron chi connectivity index (χ3n) is 3.05. The van der Waals surface area contributed by atoms with Gasteiger partial charge in [-0.25, -0.2) is 0 Å². The molecule has 102 valence electrons. The first-order chi connectivity index (χ1) is 9.08. The lowest BCUT2D eigenvalue weighted by molar-refractivity contribution is -0.677.